The van der Waals surface area contributed by atoms with Gasteiger partial charge >= 0.3 is 0 Å². The summed E-state index contributed by atoms with van der Waals surface area (Å²) in [5.74, 6) is 0. The van der Waals surface area contributed by atoms with E-state index in [1.165, 1.54) is 21.0 Å². The van der Waals surface area contributed by atoms with E-state index in [0.29, 0.717) is 6.54 Å². The summed E-state index contributed by atoms with van der Waals surface area (Å²) in [5.41, 5.74) is 1.22. The topological polar surface area (TPSA) is 23.6 Å². The number of hydrogen-bond acceptors (Lipinski definition) is 3. The van der Waals surface area contributed by atoms with Crippen LogP contribution < -0.4 is 0 Å². The lowest BCUT2D eigenvalue weighted by Gasteiger charge is -2.23. The van der Waals surface area contributed by atoms with Crippen molar-refractivity contribution < 1.29 is 4.21 Å². The second-order valence-corrected chi connectivity index (χ2v) is 10.6. The Balaban J connectivity index is 1.52. The van der Waals surface area contributed by atoms with Crippen LogP contribution in [-0.4, -0.2) is 39.6 Å². The molecule has 1 aromatic heterocycles. The fraction of sp³-hybridized carbons (Fsp3) is 0.333. The molecule has 3 aromatic carbocycles. The molecule has 0 saturated heterocycles. The number of unbranched alkanes of at least 4 members (excludes halogenated alkanes) is 1. The lowest BCUT2D eigenvalue weighted by Crippen LogP contribution is -2.28. The summed E-state index contributed by atoms with van der Waals surface area (Å²) in [6.07, 6.45) is 2.16. The van der Waals surface area contributed by atoms with Crippen molar-refractivity contribution in [1.82, 2.24) is 9.21 Å². The lowest BCUT2D eigenvalue weighted by atomic mass is 10.1. The molecule has 0 aliphatic rings. The molecule has 0 radical (unpaired) electrons. The molecule has 1 heterocycles. The molecule has 0 bridgehead atoms. The van der Waals surface area contributed by atoms with Crippen molar-refractivity contribution in [3.8, 4) is 0 Å². The highest BCUT2D eigenvalue weighted by Crippen LogP contribution is 2.25. The second-order valence-electron chi connectivity index (χ2n) is 8.15. The maximum atomic E-state index is 13.7. The van der Waals surface area contributed by atoms with Gasteiger partial charge in [0, 0.05) is 17.8 Å². The van der Waals surface area contributed by atoms with Crippen LogP contribution in [0.5, 0.6) is 0 Å². The Morgan fingerprint density at radius 1 is 0.812 bits per heavy atom. The summed E-state index contributed by atoms with van der Waals surface area (Å²) in [5, 5.41) is 5.72. The summed E-state index contributed by atoms with van der Waals surface area (Å²) in [7, 11) is -1.20. The molecule has 1 atom stereocenters. The van der Waals surface area contributed by atoms with Crippen molar-refractivity contribution >= 4 is 43.2 Å². The quantitative estimate of drug-likeness (QED) is 0.231. The average Bonchev–Trinajstić information content (AvgIpc) is 3.30. The first-order valence-corrected chi connectivity index (χ1v) is 13.5. The maximum absolute atomic E-state index is 13.7. The molecular formula is C27H32N2OS2. The Labute approximate surface area is 198 Å². The van der Waals surface area contributed by atoms with Gasteiger partial charge in [0.15, 0.2) is 0 Å². The standard InChI is InChI=1S/C27H32N2OS2/c1-3-28(4-2)16-7-8-17-29(21-22-11-14-27-25(19-22)15-18-31-27)32(30)26-13-12-23-9-5-6-10-24(23)20-26/h5-6,9-15,18-20H,3-4,7-8,16-17,21H2,1-2H3. The average molecular weight is 465 g/mol. The number of thiophene rings is 1. The van der Waals surface area contributed by atoms with Gasteiger partial charge in [-0.05, 0) is 89.9 Å². The maximum Gasteiger partial charge on any atom is 0.127 e. The molecule has 3 nitrogen and oxygen atoms in total. The largest absolute Gasteiger partial charge is 0.304 e. The molecule has 168 valence electrons. The van der Waals surface area contributed by atoms with Gasteiger partial charge < -0.3 is 4.90 Å². The van der Waals surface area contributed by atoms with Crippen molar-refractivity contribution in [3.63, 3.8) is 0 Å². The van der Waals surface area contributed by atoms with Crippen LogP contribution >= 0.6 is 11.3 Å². The van der Waals surface area contributed by atoms with Gasteiger partial charge in [-0.1, -0.05) is 50.2 Å². The van der Waals surface area contributed by atoms with E-state index in [2.05, 4.69) is 77.0 Å². The van der Waals surface area contributed by atoms with Crippen molar-refractivity contribution in [2.45, 2.75) is 38.1 Å². The Morgan fingerprint density at radius 3 is 2.41 bits per heavy atom. The number of fused-ring (bicyclic) bond motifs is 2. The summed E-state index contributed by atoms with van der Waals surface area (Å²) < 4.78 is 17.1. The van der Waals surface area contributed by atoms with Crippen molar-refractivity contribution in [2.75, 3.05) is 26.2 Å². The molecule has 0 fully saturated rings. The van der Waals surface area contributed by atoms with Gasteiger partial charge in [-0.15, -0.1) is 11.3 Å². The molecule has 0 saturated carbocycles. The zero-order valence-electron chi connectivity index (χ0n) is 19.0. The van der Waals surface area contributed by atoms with Crippen molar-refractivity contribution in [1.29, 1.82) is 0 Å². The molecule has 4 rings (SSSR count). The molecule has 32 heavy (non-hydrogen) atoms. The summed E-state index contributed by atoms with van der Waals surface area (Å²) in [6, 6.07) is 23.2. The molecule has 0 amide bonds. The molecule has 1 unspecified atom stereocenters. The van der Waals surface area contributed by atoms with E-state index in [1.807, 2.05) is 18.2 Å². The fourth-order valence-corrected chi connectivity index (χ4v) is 6.17. The zero-order chi connectivity index (χ0) is 22.3. The first-order chi connectivity index (χ1) is 15.7. The Hall–Kier alpha value is -2.05. The highest BCUT2D eigenvalue weighted by atomic mass is 32.2. The van der Waals surface area contributed by atoms with Gasteiger partial charge in [0.25, 0.3) is 0 Å². The molecule has 0 aliphatic carbocycles. The van der Waals surface area contributed by atoms with E-state index in [9.17, 15) is 4.21 Å². The smallest absolute Gasteiger partial charge is 0.127 e. The molecule has 0 spiro atoms. The highest BCUT2D eigenvalue weighted by molar-refractivity contribution is 7.82. The molecule has 0 N–H and O–H groups in total. The van der Waals surface area contributed by atoms with E-state index < -0.39 is 11.0 Å². The van der Waals surface area contributed by atoms with Crippen LogP contribution in [0.15, 0.2) is 77.0 Å². The third-order valence-electron chi connectivity index (χ3n) is 6.06. The third-order valence-corrected chi connectivity index (χ3v) is 8.39. The molecular weight excluding hydrogens is 432 g/mol. The predicted octanol–water partition coefficient (Wildman–Crippen LogP) is 6.70. The van der Waals surface area contributed by atoms with Gasteiger partial charge in [-0.3, -0.25) is 0 Å². The van der Waals surface area contributed by atoms with E-state index in [1.54, 1.807) is 11.3 Å². The molecule has 5 heteroatoms. The van der Waals surface area contributed by atoms with Crippen LogP contribution in [0, 0.1) is 0 Å². The van der Waals surface area contributed by atoms with Crippen molar-refractivity contribution in [3.05, 3.63) is 77.7 Å². The predicted molar refractivity (Wildman–Crippen MR) is 140 cm³/mol. The van der Waals surface area contributed by atoms with Crippen molar-refractivity contribution in [2.24, 2.45) is 0 Å². The third kappa shape index (κ3) is 5.65. The minimum atomic E-state index is -1.20. The first kappa shape index (κ1) is 23.1. The van der Waals surface area contributed by atoms with Gasteiger partial charge in [-0.2, -0.15) is 0 Å². The van der Waals surface area contributed by atoms with Crippen LogP contribution in [-0.2, 0) is 17.5 Å². The number of hydrogen-bond donors (Lipinski definition) is 0. The van der Waals surface area contributed by atoms with Crippen LogP contribution in [0.4, 0.5) is 0 Å². The number of benzene rings is 3. The number of rotatable bonds is 11. The number of nitrogens with zero attached hydrogens (tertiary/aromatic N) is 2. The highest BCUT2D eigenvalue weighted by Gasteiger charge is 2.17. The normalized spacial score (nSPS) is 12.9. The van der Waals surface area contributed by atoms with E-state index in [4.69, 9.17) is 0 Å². The lowest BCUT2D eigenvalue weighted by molar-refractivity contribution is 0.290. The fourth-order valence-electron chi connectivity index (χ4n) is 4.13. The van der Waals surface area contributed by atoms with E-state index in [-0.39, 0.29) is 0 Å². The zero-order valence-corrected chi connectivity index (χ0v) is 20.6. The summed E-state index contributed by atoms with van der Waals surface area (Å²) in [4.78, 5) is 3.33. The van der Waals surface area contributed by atoms with Crippen LogP contribution in [0.2, 0.25) is 0 Å². The van der Waals surface area contributed by atoms with Gasteiger partial charge in [-0.25, -0.2) is 8.51 Å². The van der Waals surface area contributed by atoms with Gasteiger partial charge in [0.2, 0.25) is 0 Å². The summed E-state index contributed by atoms with van der Waals surface area (Å²) in [6.45, 7) is 9.22. The van der Waals surface area contributed by atoms with E-state index >= 15 is 0 Å². The Kier molecular flexibility index (Phi) is 8.09. The Bertz CT molecular complexity index is 1180. The van der Waals surface area contributed by atoms with Gasteiger partial charge in [0.1, 0.15) is 11.0 Å². The van der Waals surface area contributed by atoms with Crippen LogP contribution in [0.1, 0.15) is 32.3 Å². The SMILES string of the molecule is CCN(CC)CCCCN(Cc1ccc2sccc2c1)S(=O)c1ccc2ccccc2c1. The first-order valence-electron chi connectivity index (χ1n) is 11.5. The minimum absolute atomic E-state index is 0.691. The van der Waals surface area contributed by atoms with Gasteiger partial charge in [0.05, 0.1) is 4.90 Å². The summed E-state index contributed by atoms with van der Waals surface area (Å²) >= 11 is 1.76. The monoisotopic (exact) mass is 464 g/mol. The minimum Gasteiger partial charge on any atom is -0.304 e. The molecule has 0 aliphatic heterocycles. The second kappa shape index (κ2) is 11.2. The van der Waals surface area contributed by atoms with E-state index in [0.717, 1.165) is 49.3 Å². The Morgan fingerprint density at radius 2 is 1.59 bits per heavy atom. The molecule has 4 aromatic rings. The van der Waals surface area contributed by atoms with Crippen LogP contribution in [0.3, 0.4) is 0 Å². The van der Waals surface area contributed by atoms with Crippen LogP contribution in [0.25, 0.3) is 20.9 Å².